The van der Waals surface area contributed by atoms with Crippen LogP contribution in [0.5, 0.6) is 0 Å². The zero-order valence-corrected chi connectivity index (χ0v) is 16.3. The van der Waals surface area contributed by atoms with Gasteiger partial charge in [-0.15, -0.1) is 0 Å². The number of carbonyl (C=O) groups excluding carboxylic acids is 1. The quantitative estimate of drug-likeness (QED) is 0.507. The Labute approximate surface area is 161 Å². The molecule has 0 saturated carbocycles. The number of pyridine rings is 1. The fraction of sp³-hybridized carbons (Fsp3) is 0.333. The lowest BCUT2D eigenvalue weighted by Crippen LogP contribution is -2.26. The minimum Gasteiger partial charge on any atom is -0.352 e. The van der Waals surface area contributed by atoms with Gasteiger partial charge in [0.1, 0.15) is 0 Å². The van der Waals surface area contributed by atoms with Gasteiger partial charge in [0.2, 0.25) is 0 Å². The summed E-state index contributed by atoms with van der Waals surface area (Å²) in [6.07, 6.45) is 5.93. The fourth-order valence-corrected chi connectivity index (χ4v) is 3.50. The molecule has 3 aromatic rings. The van der Waals surface area contributed by atoms with E-state index in [1.54, 1.807) is 0 Å². The lowest BCUT2D eigenvalue weighted by Gasteiger charge is -2.15. The summed E-state index contributed by atoms with van der Waals surface area (Å²) in [6, 6.07) is 18.0. The molecule has 1 heterocycles. The molecule has 0 spiro atoms. The smallest absolute Gasteiger partial charge is 0.252 e. The van der Waals surface area contributed by atoms with Gasteiger partial charge in [-0.1, -0.05) is 81.1 Å². The van der Waals surface area contributed by atoms with Crippen LogP contribution in [0.2, 0.25) is 0 Å². The molecule has 0 fully saturated rings. The van der Waals surface area contributed by atoms with E-state index in [4.69, 9.17) is 4.98 Å². The van der Waals surface area contributed by atoms with Gasteiger partial charge in [0.25, 0.3) is 5.91 Å². The second kappa shape index (κ2) is 9.31. The summed E-state index contributed by atoms with van der Waals surface area (Å²) in [4.78, 5) is 17.9. The molecule has 3 nitrogen and oxygen atoms in total. The van der Waals surface area contributed by atoms with E-state index in [1.807, 2.05) is 61.5 Å². The summed E-state index contributed by atoms with van der Waals surface area (Å²) >= 11 is 0. The number of para-hydroxylation sites is 1. The van der Waals surface area contributed by atoms with Crippen molar-refractivity contribution < 1.29 is 4.79 Å². The Hall–Kier alpha value is -2.68. The standard InChI is InChI=1S/C24H28N2O/c1-3-4-5-6-12-17-25-24(27)22-18(2)23(19-13-8-7-9-14-19)26-21-16-11-10-15-20(21)22/h7-11,13-16H,3-6,12,17H2,1-2H3,(H,25,27). The third-order valence-corrected chi connectivity index (χ3v) is 4.98. The number of hydrogen-bond donors (Lipinski definition) is 1. The van der Waals surface area contributed by atoms with Crippen LogP contribution in [0.4, 0.5) is 0 Å². The molecule has 27 heavy (non-hydrogen) atoms. The van der Waals surface area contributed by atoms with Crippen LogP contribution in [0.1, 0.15) is 54.9 Å². The van der Waals surface area contributed by atoms with E-state index in [2.05, 4.69) is 12.2 Å². The summed E-state index contributed by atoms with van der Waals surface area (Å²) in [6.45, 7) is 4.93. The highest BCUT2D eigenvalue weighted by Gasteiger charge is 2.18. The molecular formula is C24H28N2O. The zero-order chi connectivity index (χ0) is 19.1. The van der Waals surface area contributed by atoms with E-state index in [0.29, 0.717) is 0 Å². The summed E-state index contributed by atoms with van der Waals surface area (Å²) in [5.41, 5.74) is 4.45. The van der Waals surface area contributed by atoms with E-state index in [9.17, 15) is 4.79 Å². The van der Waals surface area contributed by atoms with Gasteiger partial charge in [-0.3, -0.25) is 4.79 Å². The number of amides is 1. The third kappa shape index (κ3) is 4.54. The van der Waals surface area contributed by atoms with Crippen molar-refractivity contribution in [2.45, 2.75) is 46.0 Å². The molecule has 0 unspecified atom stereocenters. The molecule has 140 valence electrons. The lowest BCUT2D eigenvalue weighted by molar-refractivity contribution is 0.0954. The molecule has 0 aliphatic carbocycles. The maximum atomic E-state index is 13.0. The highest BCUT2D eigenvalue weighted by atomic mass is 16.1. The van der Waals surface area contributed by atoms with Crippen LogP contribution in [0.25, 0.3) is 22.2 Å². The Morgan fingerprint density at radius 2 is 1.63 bits per heavy atom. The van der Waals surface area contributed by atoms with E-state index >= 15 is 0 Å². The SMILES string of the molecule is CCCCCCCNC(=O)c1c(C)c(-c2ccccc2)nc2ccccc12. The Balaban J connectivity index is 1.89. The maximum Gasteiger partial charge on any atom is 0.252 e. The van der Waals surface area contributed by atoms with Crippen LogP contribution in [0.3, 0.4) is 0 Å². The van der Waals surface area contributed by atoms with Gasteiger partial charge in [0.05, 0.1) is 16.8 Å². The first-order valence-electron chi connectivity index (χ1n) is 9.95. The summed E-state index contributed by atoms with van der Waals surface area (Å²) in [5, 5.41) is 4.04. The first kappa shape index (κ1) is 19.1. The maximum absolute atomic E-state index is 13.0. The Kier molecular flexibility index (Phi) is 6.59. The predicted molar refractivity (Wildman–Crippen MR) is 113 cm³/mol. The highest BCUT2D eigenvalue weighted by Crippen LogP contribution is 2.29. The van der Waals surface area contributed by atoms with Gasteiger partial charge >= 0.3 is 0 Å². The first-order chi connectivity index (χ1) is 13.2. The van der Waals surface area contributed by atoms with Crippen molar-refractivity contribution in [3.63, 3.8) is 0 Å². The van der Waals surface area contributed by atoms with Crippen molar-refractivity contribution in [1.82, 2.24) is 10.3 Å². The van der Waals surface area contributed by atoms with Crippen molar-refractivity contribution in [2.75, 3.05) is 6.54 Å². The van der Waals surface area contributed by atoms with Crippen molar-refractivity contribution in [1.29, 1.82) is 0 Å². The topological polar surface area (TPSA) is 42.0 Å². The molecule has 1 amide bonds. The number of unbranched alkanes of at least 4 members (excludes halogenated alkanes) is 4. The molecule has 0 bridgehead atoms. The normalized spacial score (nSPS) is 10.9. The number of nitrogens with zero attached hydrogens (tertiary/aromatic N) is 1. The van der Waals surface area contributed by atoms with Crippen LogP contribution in [0, 0.1) is 6.92 Å². The van der Waals surface area contributed by atoms with Crippen molar-refractivity contribution in [3.05, 3.63) is 65.7 Å². The molecule has 2 aromatic carbocycles. The molecule has 0 atom stereocenters. The van der Waals surface area contributed by atoms with E-state index in [1.165, 1.54) is 25.7 Å². The van der Waals surface area contributed by atoms with Gasteiger partial charge in [-0.25, -0.2) is 4.98 Å². The van der Waals surface area contributed by atoms with Crippen LogP contribution in [0.15, 0.2) is 54.6 Å². The fourth-order valence-electron chi connectivity index (χ4n) is 3.50. The molecule has 0 aliphatic rings. The Morgan fingerprint density at radius 1 is 0.926 bits per heavy atom. The number of benzene rings is 2. The molecule has 3 heteroatoms. The molecular weight excluding hydrogens is 332 g/mol. The summed E-state index contributed by atoms with van der Waals surface area (Å²) < 4.78 is 0. The zero-order valence-electron chi connectivity index (χ0n) is 16.3. The molecule has 0 radical (unpaired) electrons. The Morgan fingerprint density at radius 3 is 2.41 bits per heavy atom. The summed E-state index contributed by atoms with van der Waals surface area (Å²) in [7, 11) is 0. The van der Waals surface area contributed by atoms with Crippen LogP contribution < -0.4 is 5.32 Å². The van der Waals surface area contributed by atoms with Crippen LogP contribution in [-0.4, -0.2) is 17.4 Å². The van der Waals surface area contributed by atoms with Crippen LogP contribution >= 0.6 is 0 Å². The highest BCUT2D eigenvalue weighted by molar-refractivity contribution is 6.08. The second-order valence-corrected chi connectivity index (χ2v) is 7.01. The van der Waals surface area contributed by atoms with Crippen molar-refractivity contribution >= 4 is 16.8 Å². The van der Waals surface area contributed by atoms with Crippen LogP contribution in [-0.2, 0) is 0 Å². The van der Waals surface area contributed by atoms with E-state index < -0.39 is 0 Å². The minimum absolute atomic E-state index is 0.00114. The lowest BCUT2D eigenvalue weighted by atomic mass is 9.97. The number of fused-ring (bicyclic) bond motifs is 1. The van der Waals surface area contributed by atoms with Crippen molar-refractivity contribution in [3.8, 4) is 11.3 Å². The van der Waals surface area contributed by atoms with Gasteiger partial charge in [-0.2, -0.15) is 0 Å². The van der Waals surface area contributed by atoms with E-state index in [-0.39, 0.29) is 5.91 Å². The third-order valence-electron chi connectivity index (χ3n) is 4.98. The number of hydrogen-bond acceptors (Lipinski definition) is 2. The van der Waals surface area contributed by atoms with Gasteiger partial charge < -0.3 is 5.32 Å². The first-order valence-corrected chi connectivity index (χ1v) is 9.95. The van der Waals surface area contributed by atoms with Gasteiger partial charge in [-0.05, 0) is 25.0 Å². The second-order valence-electron chi connectivity index (χ2n) is 7.01. The average Bonchev–Trinajstić information content (AvgIpc) is 2.70. The number of carbonyl (C=O) groups is 1. The number of aromatic nitrogens is 1. The number of rotatable bonds is 8. The van der Waals surface area contributed by atoms with Gasteiger partial charge in [0.15, 0.2) is 0 Å². The molecule has 0 aliphatic heterocycles. The minimum atomic E-state index is -0.00114. The number of nitrogens with one attached hydrogen (secondary N) is 1. The average molecular weight is 361 g/mol. The molecule has 1 aromatic heterocycles. The largest absolute Gasteiger partial charge is 0.352 e. The predicted octanol–water partition coefficient (Wildman–Crippen LogP) is 5.91. The van der Waals surface area contributed by atoms with Crippen molar-refractivity contribution in [2.24, 2.45) is 0 Å². The summed E-state index contributed by atoms with van der Waals surface area (Å²) in [5.74, 6) is -0.00114. The van der Waals surface area contributed by atoms with Gasteiger partial charge in [0, 0.05) is 17.5 Å². The molecule has 0 saturated heterocycles. The monoisotopic (exact) mass is 360 g/mol. The molecule has 1 N–H and O–H groups in total. The molecule has 3 rings (SSSR count). The van der Waals surface area contributed by atoms with E-state index in [0.717, 1.165) is 46.3 Å². The Bertz CT molecular complexity index is 903.